The molecule has 0 aliphatic heterocycles. The Balaban J connectivity index is 1.81. The summed E-state index contributed by atoms with van der Waals surface area (Å²) in [5.74, 6) is 1.01. The fourth-order valence-electron chi connectivity index (χ4n) is 4.16. The highest BCUT2D eigenvalue weighted by molar-refractivity contribution is 5.97. The molecule has 1 fully saturated rings. The molecule has 0 spiro atoms. The summed E-state index contributed by atoms with van der Waals surface area (Å²) in [7, 11) is 0. The summed E-state index contributed by atoms with van der Waals surface area (Å²) in [4.78, 5) is 9.15. The summed E-state index contributed by atoms with van der Waals surface area (Å²) in [5, 5.41) is 11.9. The summed E-state index contributed by atoms with van der Waals surface area (Å²) in [5.41, 5.74) is 17.8. The van der Waals surface area contributed by atoms with Crippen LogP contribution in [0.2, 0.25) is 0 Å². The Morgan fingerprint density at radius 2 is 2.03 bits per heavy atom. The molecule has 0 unspecified atom stereocenters. The summed E-state index contributed by atoms with van der Waals surface area (Å²) in [6, 6.07) is 11.9. The quantitative estimate of drug-likeness (QED) is 0.468. The molecule has 6 N–H and O–H groups in total. The van der Waals surface area contributed by atoms with Crippen molar-refractivity contribution in [3.63, 3.8) is 0 Å². The molecule has 0 radical (unpaired) electrons. The lowest BCUT2D eigenvalue weighted by molar-refractivity contribution is 0.724. The number of rotatable bonds is 6. The number of hydrogen-bond donors (Lipinski definition) is 4. The second-order valence-electron chi connectivity index (χ2n) is 7.46. The first-order valence-electron chi connectivity index (χ1n) is 10.0. The van der Waals surface area contributed by atoms with E-state index in [0.717, 1.165) is 46.3 Å². The van der Waals surface area contributed by atoms with Crippen molar-refractivity contribution in [1.29, 1.82) is 5.41 Å². The van der Waals surface area contributed by atoms with Gasteiger partial charge in [0.2, 0.25) is 0 Å². The van der Waals surface area contributed by atoms with Crippen LogP contribution in [0.3, 0.4) is 0 Å². The zero-order chi connectivity index (χ0) is 20.2. The molecule has 148 valence electrons. The summed E-state index contributed by atoms with van der Waals surface area (Å²) in [6.07, 6.45) is 9.30. The van der Waals surface area contributed by atoms with Crippen LogP contribution in [0, 0.1) is 5.41 Å². The van der Waals surface area contributed by atoms with Gasteiger partial charge in [0.25, 0.3) is 0 Å². The van der Waals surface area contributed by atoms with E-state index in [9.17, 15) is 0 Å². The van der Waals surface area contributed by atoms with Crippen LogP contribution in [-0.2, 0) is 6.54 Å². The minimum Gasteiger partial charge on any atom is -0.398 e. The Kier molecular flexibility index (Phi) is 5.42. The van der Waals surface area contributed by atoms with Crippen molar-refractivity contribution in [2.75, 3.05) is 11.1 Å². The van der Waals surface area contributed by atoms with Gasteiger partial charge in [-0.25, -0.2) is 4.98 Å². The summed E-state index contributed by atoms with van der Waals surface area (Å²) >= 11 is 0. The molecule has 0 saturated heterocycles. The molecule has 2 heterocycles. The maximum Gasteiger partial charge on any atom is 0.129 e. The van der Waals surface area contributed by atoms with E-state index in [0.29, 0.717) is 24.0 Å². The normalized spacial score (nSPS) is 15.0. The van der Waals surface area contributed by atoms with Crippen LogP contribution in [0.4, 0.5) is 11.5 Å². The first-order valence-corrected chi connectivity index (χ1v) is 10.0. The first kappa shape index (κ1) is 18.9. The lowest BCUT2D eigenvalue weighted by Crippen LogP contribution is -2.11. The molecule has 1 aliphatic rings. The van der Waals surface area contributed by atoms with E-state index in [1.54, 1.807) is 12.3 Å². The number of nitrogens with two attached hydrogens (primary N) is 2. The maximum atomic E-state index is 7.24. The van der Waals surface area contributed by atoms with E-state index >= 15 is 0 Å². The third kappa shape index (κ3) is 3.92. The van der Waals surface area contributed by atoms with Crippen molar-refractivity contribution in [1.82, 2.24) is 9.97 Å². The van der Waals surface area contributed by atoms with Crippen molar-refractivity contribution in [3.8, 4) is 0 Å². The van der Waals surface area contributed by atoms with Gasteiger partial charge in [-0.1, -0.05) is 31.0 Å². The average molecular weight is 387 g/mol. The number of anilines is 2. The molecule has 6 nitrogen and oxygen atoms in total. The topological polar surface area (TPSA) is 114 Å². The molecule has 2 aromatic heterocycles. The lowest BCUT2D eigenvalue weighted by Gasteiger charge is -2.21. The number of benzene rings is 1. The standard InChI is InChI=1S/C23H26N6/c24-11-10-19(25)16-8-9-18-20(13-16)29-23(26)21(15-5-1-2-6-15)22(18)28-14-17-7-3-4-12-27-17/h3-4,7-13,15,24H,1-2,5-6,14,25H2,(H3,26,28,29)/b19-10-,24-11?. The van der Waals surface area contributed by atoms with Crippen LogP contribution in [-0.4, -0.2) is 16.2 Å². The highest BCUT2D eigenvalue weighted by atomic mass is 14.9. The fraction of sp³-hybridized carbons (Fsp3) is 0.261. The van der Waals surface area contributed by atoms with Gasteiger partial charge in [-0.15, -0.1) is 0 Å². The van der Waals surface area contributed by atoms with Gasteiger partial charge >= 0.3 is 0 Å². The van der Waals surface area contributed by atoms with Gasteiger partial charge in [0.15, 0.2) is 0 Å². The van der Waals surface area contributed by atoms with Crippen LogP contribution in [0.1, 0.15) is 48.4 Å². The molecule has 29 heavy (non-hydrogen) atoms. The Bertz CT molecular complexity index is 1050. The third-order valence-electron chi connectivity index (χ3n) is 5.59. The number of aromatic nitrogens is 2. The molecular formula is C23H26N6. The van der Waals surface area contributed by atoms with Crippen molar-refractivity contribution in [2.24, 2.45) is 5.73 Å². The van der Waals surface area contributed by atoms with Crippen LogP contribution >= 0.6 is 0 Å². The van der Waals surface area contributed by atoms with Gasteiger partial charge < -0.3 is 22.2 Å². The minimum absolute atomic E-state index is 0.431. The van der Waals surface area contributed by atoms with Gasteiger partial charge in [-0.3, -0.25) is 4.98 Å². The molecule has 3 aromatic rings. The van der Waals surface area contributed by atoms with Crippen molar-refractivity contribution < 1.29 is 0 Å². The third-order valence-corrected chi connectivity index (χ3v) is 5.59. The second-order valence-corrected chi connectivity index (χ2v) is 7.46. The number of hydrogen-bond acceptors (Lipinski definition) is 6. The van der Waals surface area contributed by atoms with Crippen LogP contribution < -0.4 is 16.8 Å². The second kappa shape index (κ2) is 8.31. The highest BCUT2D eigenvalue weighted by Gasteiger charge is 2.25. The van der Waals surface area contributed by atoms with Gasteiger partial charge in [-0.05, 0) is 48.6 Å². The molecule has 0 amide bonds. The largest absolute Gasteiger partial charge is 0.398 e. The van der Waals surface area contributed by atoms with Crippen molar-refractivity contribution in [3.05, 3.63) is 65.5 Å². The fourth-order valence-corrected chi connectivity index (χ4v) is 4.16. The van der Waals surface area contributed by atoms with E-state index < -0.39 is 0 Å². The van der Waals surface area contributed by atoms with Crippen LogP contribution in [0.5, 0.6) is 0 Å². The number of pyridine rings is 2. The predicted molar refractivity (Wildman–Crippen MR) is 120 cm³/mol. The number of nitrogens with zero attached hydrogens (tertiary/aromatic N) is 2. The Hall–Kier alpha value is -3.41. The Labute approximate surface area is 170 Å². The van der Waals surface area contributed by atoms with E-state index in [1.165, 1.54) is 19.1 Å². The van der Waals surface area contributed by atoms with Gasteiger partial charge in [0, 0.05) is 29.1 Å². The summed E-state index contributed by atoms with van der Waals surface area (Å²) < 4.78 is 0. The SMILES string of the molecule is N=C/C=C(\N)c1ccc2c(NCc3ccccn3)c(C3CCCC3)c(N)nc2c1. The van der Waals surface area contributed by atoms with Crippen molar-refractivity contribution >= 4 is 34.3 Å². The maximum absolute atomic E-state index is 7.24. The molecule has 0 bridgehead atoms. The minimum atomic E-state index is 0.431. The molecular weight excluding hydrogens is 360 g/mol. The van der Waals surface area contributed by atoms with Crippen molar-refractivity contribution in [2.45, 2.75) is 38.1 Å². The van der Waals surface area contributed by atoms with E-state index in [-0.39, 0.29) is 0 Å². The molecule has 4 rings (SSSR count). The molecule has 0 atom stereocenters. The predicted octanol–water partition coefficient (Wildman–Crippen LogP) is 4.43. The highest BCUT2D eigenvalue weighted by Crippen LogP contribution is 2.43. The van der Waals surface area contributed by atoms with Gasteiger partial charge in [0.1, 0.15) is 5.82 Å². The smallest absolute Gasteiger partial charge is 0.129 e. The van der Waals surface area contributed by atoms with E-state index in [1.807, 2.05) is 36.4 Å². The molecule has 6 heteroatoms. The Morgan fingerprint density at radius 3 is 2.76 bits per heavy atom. The van der Waals surface area contributed by atoms with Gasteiger partial charge in [-0.2, -0.15) is 0 Å². The van der Waals surface area contributed by atoms with E-state index in [2.05, 4.69) is 10.3 Å². The van der Waals surface area contributed by atoms with Gasteiger partial charge in [0.05, 0.1) is 23.4 Å². The number of allylic oxidation sites excluding steroid dienone is 1. The zero-order valence-electron chi connectivity index (χ0n) is 16.4. The number of nitrogen functional groups attached to an aromatic ring is 1. The van der Waals surface area contributed by atoms with E-state index in [4.69, 9.17) is 21.9 Å². The van der Waals surface area contributed by atoms with Crippen LogP contribution in [0.15, 0.2) is 48.7 Å². The first-order chi connectivity index (χ1) is 14.2. The monoisotopic (exact) mass is 386 g/mol. The number of fused-ring (bicyclic) bond motifs is 1. The summed E-state index contributed by atoms with van der Waals surface area (Å²) in [6.45, 7) is 0.622. The molecule has 1 saturated carbocycles. The molecule has 1 aromatic carbocycles. The number of nitrogens with one attached hydrogen (secondary N) is 2. The Morgan fingerprint density at radius 1 is 1.21 bits per heavy atom. The van der Waals surface area contributed by atoms with Crippen LogP contribution in [0.25, 0.3) is 16.6 Å². The molecule has 1 aliphatic carbocycles. The average Bonchev–Trinajstić information content (AvgIpc) is 3.26. The lowest BCUT2D eigenvalue weighted by atomic mass is 9.93. The zero-order valence-corrected chi connectivity index (χ0v) is 16.4.